The van der Waals surface area contributed by atoms with Crippen molar-refractivity contribution < 1.29 is 24.0 Å². The lowest BCUT2D eigenvalue weighted by Gasteiger charge is -2.43. The van der Waals surface area contributed by atoms with Crippen molar-refractivity contribution in [2.45, 2.75) is 37.6 Å². The second-order valence-electron chi connectivity index (χ2n) is 13.3. The topological polar surface area (TPSA) is 110 Å². The maximum absolute atomic E-state index is 13.5. The Labute approximate surface area is 325 Å². The maximum atomic E-state index is 13.5. The third-order valence-corrected chi connectivity index (χ3v) is 11.0. The smallest absolute Gasteiger partial charge is 0.320 e. The van der Waals surface area contributed by atoms with Crippen LogP contribution in [0.25, 0.3) is 0 Å². The molecule has 12 nitrogen and oxygen atoms in total. The standard InChI is InChI=1S/C36H47Cl4N7O5/c1-43(34(48)26-20-27(37)23-28(38)21-26)24-33(42-51-2)30(25-4-5-31(39)32(40)22-25)8-14-44-12-6-29(7-13-44)47-11-3-10-46(36(47)50)15-9-41-35(49)45-16-18-52-19-17-45/h4-5,20-23,29-30H,3,6-19,24H2,1-2H3,(H,41,49)/b42-33+/t30-/m1/s1. The van der Waals surface area contributed by atoms with Gasteiger partial charge in [-0.05, 0) is 68.1 Å². The highest BCUT2D eigenvalue weighted by atomic mass is 35.5. The number of hydrogen-bond acceptors (Lipinski definition) is 7. The molecule has 1 N–H and O–H groups in total. The van der Waals surface area contributed by atoms with Crippen LogP contribution >= 0.6 is 46.4 Å². The van der Waals surface area contributed by atoms with Crippen molar-refractivity contribution in [1.29, 1.82) is 0 Å². The van der Waals surface area contributed by atoms with Gasteiger partial charge in [0.05, 0.1) is 35.5 Å². The van der Waals surface area contributed by atoms with Crippen molar-refractivity contribution in [3.63, 3.8) is 0 Å². The number of piperidine rings is 1. The van der Waals surface area contributed by atoms with Gasteiger partial charge >= 0.3 is 12.1 Å². The number of benzene rings is 2. The zero-order valence-corrected chi connectivity index (χ0v) is 32.7. The molecule has 0 spiro atoms. The van der Waals surface area contributed by atoms with E-state index in [1.807, 2.05) is 21.9 Å². The van der Waals surface area contributed by atoms with Gasteiger partial charge < -0.3 is 39.4 Å². The fourth-order valence-electron chi connectivity index (χ4n) is 7.08. The summed E-state index contributed by atoms with van der Waals surface area (Å²) in [6, 6.07) is 10.4. The lowest BCUT2D eigenvalue weighted by molar-refractivity contribution is 0.0528. The van der Waals surface area contributed by atoms with E-state index < -0.39 is 0 Å². The number of rotatable bonds is 13. The van der Waals surface area contributed by atoms with E-state index in [9.17, 15) is 14.4 Å². The van der Waals surface area contributed by atoms with Crippen LogP contribution in [-0.4, -0.2) is 147 Å². The molecule has 0 saturated carbocycles. The molecule has 5 amide bonds. The summed E-state index contributed by atoms with van der Waals surface area (Å²) in [5.74, 6) is -0.488. The zero-order chi connectivity index (χ0) is 37.2. The number of hydrogen-bond donors (Lipinski definition) is 1. The molecule has 3 aliphatic rings. The van der Waals surface area contributed by atoms with Crippen LogP contribution in [0, 0.1) is 0 Å². The first-order chi connectivity index (χ1) is 25.0. The number of urea groups is 2. The van der Waals surface area contributed by atoms with Gasteiger partial charge in [-0.1, -0.05) is 57.6 Å². The number of halogens is 4. The molecule has 5 rings (SSSR count). The van der Waals surface area contributed by atoms with Gasteiger partial charge in [-0.15, -0.1) is 0 Å². The Morgan fingerprint density at radius 1 is 0.962 bits per heavy atom. The highest BCUT2D eigenvalue weighted by molar-refractivity contribution is 6.42. The van der Waals surface area contributed by atoms with E-state index in [0.717, 1.165) is 51.0 Å². The highest BCUT2D eigenvalue weighted by Crippen LogP contribution is 2.31. The molecule has 3 heterocycles. The van der Waals surface area contributed by atoms with E-state index >= 15 is 0 Å². The van der Waals surface area contributed by atoms with Crippen molar-refractivity contribution in [1.82, 2.24) is 29.8 Å². The Kier molecular flexibility index (Phi) is 15.0. The molecule has 0 unspecified atom stereocenters. The minimum atomic E-state index is -0.258. The van der Waals surface area contributed by atoms with Crippen LogP contribution < -0.4 is 5.32 Å². The Hall–Kier alpha value is -3.00. The number of oxime groups is 1. The fraction of sp³-hybridized carbons (Fsp3) is 0.556. The highest BCUT2D eigenvalue weighted by Gasteiger charge is 2.34. The second-order valence-corrected chi connectivity index (χ2v) is 15.0. The van der Waals surface area contributed by atoms with Crippen molar-refractivity contribution in [2.75, 3.05) is 92.8 Å². The van der Waals surface area contributed by atoms with Crippen LogP contribution in [0.3, 0.4) is 0 Å². The van der Waals surface area contributed by atoms with E-state index in [0.29, 0.717) is 83.7 Å². The van der Waals surface area contributed by atoms with Gasteiger partial charge in [-0.2, -0.15) is 0 Å². The van der Waals surface area contributed by atoms with Gasteiger partial charge in [0.25, 0.3) is 5.91 Å². The molecule has 0 bridgehead atoms. The number of carbonyl (C=O) groups is 3. The molecule has 0 aromatic heterocycles. The predicted molar refractivity (Wildman–Crippen MR) is 205 cm³/mol. The van der Waals surface area contributed by atoms with Crippen LogP contribution in [0.15, 0.2) is 41.6 Å². The number of carbonyl (C=O) groups excluding carboxylic acids is 3. The largest absolute Gasteiger partial charge is 0.399 e. The molecule has 3 aliphatic heterocycles. The molecule has 2 aromatic rings. The van der Waals surface area contributed by atoms with Gasteiger partial charge in [0.2, 0.25) is 0 Å². The van der Waals surface area contributed by atoms with E-state index in [-0.39, 0.29) is 36.5 Å². The minimum Gasteiger partial charge on any atom is -0.399 e. The molecule has 3 saturated heterocycles. The average Bonchev–Trinajstić information content (AvgIpc) is 3.13. The quantitative estimate of drug-likeness (QED) is 0.192. The minimum absolute atomic E-state index is 0.0455. The number of nitrogens with one attached hydrogen (secondary N) is 1. The third kappa shape index (κ3) is 10.8. The van der Waals surface area contributed by atoms with Crippen molar-refractivity contribution in [3.05, 3.63) is 67.6 Å². The summed E-state index contributed by atoms with van der Waals surface area (Å²) < 4.78 is 5.33. The molecule has 2 aromatic carbocycles. The molecular weight excluding hydrogens is 752 g/mol. The molecule has 52 heavy (non-hydrogen) atoms. The van der Waals surface area contributed by atoms with Gasteiger partial charge in [-0.25, -0.2) is 9.59 Å². The maximum Gasteiger partial charge on any atom is 0.320 e. The van der Waals surface area contributed by atoms with Crippen molar-refractivity contribution in [3.8, 4) is 0 Å². The van der Waals surface area contributed by atoms with Crippen LogP contribution in [0.5, 0.6) is 0 Å². The van der Waals surface area contributed by atoms with Gasteiger partial charge in [0.15, 0.2) is 0 Å². The summed E-state index contributed by atoms with van der Waals surface area (Å²) in [5, 5.41) is 8.99. The summed E-state index contributed by atoms with van der Waals surface area (Å²) in [7, 11) is 3.18. The van der Waals surface area contributed by atoms with Crippen molar-refractivity contribution in [2.24, 2.45) is 5.16 Å². The summed E-state index contributed by atoms with van der Waals surface area (Å²) >= 11 is 25.1. The fourth-order valence-corrected chi connectivity index (χ4v) is 7.91. The van der Waals surface area contributed by atoms with Gasteiger partial charge in [0.1, 0.15) is 7.11 Å². The normalized spacial score (nSPS) is 18.4. The SMILES string of the molecule is CO/N=C(\CN(C)C(=O)c1cc(Cl)cc(Cl)c1)[C@H](CCN1CCC(N2CCCN(CCNC(=O)N3CCOCC3)C2=O)CC1)c1ccc(Cl)c(Cl)c1. The number of nitrogens with zero attached hydrogens (tertiary/aromatic N) is 6. The van der Waals surface area contributed by atoms with Crippen LogP contribution in [-0.2, 0) is 9.57 Å². The Balaban J connectivity index is 1.18. The first-order valence-electron chi connectivity index (χ1n) is 17.7. The van der Waals surface area contributed by atoms with Crippen LogP contribution in [0.4, 0.5) is 9.59 Å². The molecule has 16 heteroatoms. The van der Waals surface area contributed by atoms with E-state index in [2.05, 4.69) is 15.4 Å². The monoisotopic (exact) mass is 797 g/mol. The number of likely N-dealkylation sites (tertiary alicyclic amines) is 1. The number of amides is 5. The molecule has 0 radical (unpaired) electrons. The van der Waals surface area contributed by atoms with Crippen LogP contribution in [0.2, 0.25) is 20.1 Å². The van der Waals surface area contributed by atoms with E-state index in [4.69, 9.17) is 56.0 Å². The Morgan fingerprint density at radius 3 is 2.35 bits per heavy atom. The Morgan fingerprint density at radius 2 is 1.67 bits per heavy atom. The zero-order valence-electron chi connectivity index (χ0n) is 29.7. The first-order valence-corrected chi connectivity index (χ1v) is 19.2. The average molecular weight is 800 g/mol. The van der Waals surface area contributed by atoms with Crippen LogP contribution in [0.1, 0.15) is 47.5 Å². The second kappa shape index (κ2) is 19.4. The molecular formula is C36H47Cl4N7O5. The van der Waals surface area contributed by atoms with E-state index in [1.165, 1.54) is 7.11 Å². The summed E-state index contributed by atoms with van der Waals surface area (Å²) in [6.07, 6.45) is 3.31. The van der Waals surface area contributed by atoms with Gasteiger partial charge in [0, 0.05) is 87.0 Å². The van der Waals surface area contributed by atoms with Gasteiger partial charge in [-0.3, -0.25) is 4.79 Å². The predicted octanol–water partition coefficient (Wildman–Crippen LogP) is 6.18. The van der Waals surface area contributed by atoms with E-state index in [1.54, 1.807) is 41.1 Å². The molecule has 284 valence electrons. The lowest BCUT2D eigenvalue weighted by atomic mass is 9.89. The van der Waals surface area contributed by atoms with Crippen molar-refractivity contribution >= 4 is 70.1 Å². The molecule has 1 atom stereocenters. The first kappa shape index (κ1) is 40.2. The third-order valence-electron chi connectivity index (χ3n) is 9.84. The summed E-state index contributed by atoms with van der Waals surface area (Å²) in [6.45, 7) is 7.21. The molecule has 0 aliphatic carbocycles. The Bertz CT molecular complexity index is 1570. The molecule has 3 fully saturated rings. The summed E-state index contributed by atoms with van der Waals surface area (Å²) in [5.41, 5.74) is 1.93. The summed E-state index contributed by atoms with van der Waals surface area (Å²) in [4.78, 5) is 54.3. The number of morpholine rings is 1. The lowest BCUT2D eigenvalue weighted by Crippen LogP contribution is -2.57. The number of ether oxygens (including phenoxy) is 1.